The number of fused-ring (bicyclic) bond motifs is 1. The lowest BCUT2D eigenvalue weighted by molar-refractivity contribution is -0.308. The molecule has 2 aromatic carbocycles. The van der Waals surface area contributed by atoms with E-state index in [1.807, 2.05) is 0 Å². The third-order valence-electron chi connectivity index (χ3n) is 7.57. The Morgan fingerprint density at radius 2 is 1.52 bits per heavy atom. The maximum atomic E-state index is 12.9. The molecule has 0 bridgehead atoms. The predicted molar refractivity (Wildman–Crippen MR) is 142 cm³/mol. The molecule has 0 radical (unpaired) electrons. The molecule has 3 aromatic rings. The number of ether oxygens (including phenoxy) is 4. The molecule has 1 aromatic heterocycles. The minimum Gasteiger partial charge on any atom is -0.507 e. The molecule has 0 unspecified atom stereocenters. The molecule has 2 aliphatic heterocycles. The number of phenols is 2. The Labute approximate surface area is 238 Å². The SMILES string of the molecule is COc1ccc(-c2cc(=O)c3c(O)cc([C@@H]4O[C@H](CO[C@@H]5O[C@@H](C)[C@H](O)[C@@H](O)[C@H]5O)[C@@H](O)[C@H](O)[C@H]4O)cc3o2)cc1O. The van der Waals surface area contributed by atoms with Crippen molar-refractivity contribution < 1.29 is 64.2 Å². The summed E-state index contributed by atoms with van der Waals surface area (Å²) in [5.41, 5.74) is -0.263. The molecule has 5 rings (SSSR count). The average Bonchev–Trinajstić information content (AvgIpc) is 2.96. The van der Waals surface area contributed by atoms with Crippen molar-refractivity contribution in [2.24, 2.45) is 0 Å². The fraction of sp³-hybridized carbons (Fsp3) is 0.464. The van der Waals surface area contributed by atoms with E-state index < -0.39 is 79.0 Å². The van der Waals surface area contributed by atoms with Gasteiger partial charge in [0.1, 0.15) is 71.3 Å². The zero-order valence-electron chi connectivity index (χ0n) is 22.5. The summed E-state index contributed by atoms with van der Waals surface area (Å²) in [4.78, 5) is 12.9. The summed E-state index contributed by atoms with van der Waals surface area (Å²) in [7, 11) is 1.38. The van der Waals surface area contributed by atoms with Crippen LogP contribution in [0.3, 0.4) is 0 Å². The van der Waals surface area contributed by atoms with Crippen molar-refractivity contribution in [3.05, 3.63) is 52.2 Å². The maximum Gasteiger partial charge on any atom is 0.197 e. The molecule has 0 aliphatic carbocycles. The van der Waals surface area contributed by atoms with Gasteiger partial charge in [-0.25, -0.2) is 0 Å². The van der Waals surface area contributed by atoms with Crippen molar-refractivity contribution in [3.63, 3.8) is 0 Å². The van der Waals surface area contributed by atoms with Crippen LogP contribution in [-0.4, -0.2) is 110 Å². The van der Waals surface area contributed by atoms with Crippen LogP contribution < -0.4 is 10.2 Å². The lowest BCUT2D eigenvalue weighted by atomic mass is 9.90. The molecule has 0 amide bonds. The first-order valence-corrected chi connectivity index (χ1v) is 13.1. The van der Waals surface area contributed by atoms with Gasteiger partial charge >= 0.3 is 0 Å². The number of aliphatic hydroxyl groups excluding tert-OH is 6. The van der Waals surface area contributed by atoms with Gasteiger partial charge in [0.2, 0.25) is 0 Å². The maximum absolute atomic E-state index is 12.9. The Bertz CT molecular complexity index is 1490. The highest BCUT2D eigenvalue weighted by Crippen LogP contribution is 2.38. The molecule has 0 spiro atoms. The first-order chi connectivity index (χ1) is 19.9. The van der Waals surface area contributed by atoms with Crippen molar-refractivity contribution in [2.45, 2.75) is 68.1 Å². The van der Waals surface area contributed by atoms with Crippen LogP contribution in [0.15, 0.2) is 45.6 Å². The molecule has 2 aliphatic rings. The number of methoxy groups -OCH3 is 1. The molecule has 14 heteroatoms. The Morgan fingerprint density at radius 3 is 2.21 bits per heavy atom. The van der Waals surface area contributed by atoms with Crippen molar-refractivity contribution in [1.82, 2.24) is 0 Å². The second-order valence-corrected chi connectivity index (χ2v) is 10.4. The monoisotopic (exact) mass is 592 g/mol. The lowest BCUT2D eigenvalue weighted by Crippen LogP contribution is -2.59. The molecule has 228 valence electrons. The van der Waals surface area contributed by atoms with Crippen LogP contribution in [0.4, 0.5) is 0 Å². The largest absolute Gasteiger partial charge is 0.507 e. The minimum atomic E-state index is -1.74. The Balaban J connectivity index is 1.43. The van der Waals surface area contributed by atoms with Crippen LogP contribution in [0.5, 0.6) is 17.2 Å². The second-order valence-electron chi connectivity index (χ2n) is 10.4. The third-order valence-corrected chi connectivity index (χ3v) is 7.57. The molecule has 42 heavy (non-hydrogen) atoms. The molecule has 2 fully saturated rings. The zero-order chi connectivity index (χ0) is 30.5. The quantitative estimate of drug-likeness (QED) is 0.176. The average molecular weight is 593 g/mol. The van der Waals surface area contributed by atoms with Gasteiger partial charge in [0.05, 0.1) is 19.8 Å². The first-order valence-electron chi connectivity index (χ1n) is 13.1. The molecule has 0 saturated carbocycles. The van der Waals surface area contributed by atoms with E-state index in [1.54, 1.807) is 6.07 Å². The Kier molecular flexibility index (Phi) is 8.44. The number of hydrogen-bond donors (Lipinski definition) is 8. The van der Waals surface area contributed by atoms with Crippen LogP contribution >= 0.6 is 0 Å². The van der Waals surface area contributed by atoms with Crippen LogP contribution in [0.2, 0.25) is 0 Å². The van der Waals surface area contributed by atoms with Crippen molar-refractivity contribution >= 4 is 11.0 Å². The van der Waals surface area contributed by atoms with E-state index in [4.69, 9.17) is 23.4 Å². The Morgan fingerprint density at radius 1 is 0.810 bits per heavy atom. The second kappa shape index (κ2) is 11.8. The lowest BCUT2D eigenvalue weighted by Gasteiger charge is -2.42. The molecule has 10 atom stereocenters. The topological polar surface area (TPSA) is 229 Å². The predicted octanol–water partition coefficient (Wildman–Crippen LogP) is -0.754. The Hall–Kier alpha value is -3.31. The summed E-state index contributed by atoms with van der Waals surface area (Å²) in [6, 6.07) is 7.98. The fourth-order valence-corrected chi connectivity index (χ4v) is 5.14. The first kappa shape index (κ1) is 30.2. The highest BCUT2D eigenvalue weighted by atomic mass is 16.7. The van der Waals surface area contributed by atoms with Gasteiger partial charge in [0.25, 0.3) is 0 Å². The van der Waals surface area contributed by atoms with E-state index in [-0.39, 0.29) is 33.8 Å². The van der Waals surface area contributed by atoms with Gasteiger partial charge in [-0.15, -0.1) is 0 Å². The van der Waals surface area contributed by atoms with Crippen molar-refractivity contribution in [3.8, 4) is 28.6 Å². The molecule has 2 saturated heterocycles. The molecule has 3 heterocycles. The fourth-order valence-electron chi connectivity index (χ4n) is 5.14. The zero-order valence-corrected chi connectivity index (χ0v) is 22.5. The number of hydrogen-bond acceptors (Lipinski definition) is 14. The smallest absolute Gasteiger partial charge is 0.197 e. The minimum absolute atomic E-state index is 0.0569. The molecule has 14 nitrogen and oxygen atoms in total. The van der Waals surface area contributed by atoms with E-state index >= 15 is 0 Å². The standard InChI is InChI=1S/C28H32O14/c1-10-21(32)23(34)26(37)28(40-10)39-9-19-22(33)24(35)25(36)27(42-19)12-6-14(30)20-15(31)8-17(41-18(20)7-12)11-3-4-16(38-2)13(29)5-11/h3-8,10,19,21-30,32-37H,9H2,1-2H3/t10-,19+,21-,22+,23+,24-,25+,26+,27-,28+/m0/s1. The summed E-state index contributed by atoms with van der Waals surface area (Å²) in [5.74, 6) is -0.427. The number of aliphatic hydroxyl groups is 6. The summed E-state index contributed by atoms with van der Waals surface area (Å²) < 4.78 is 27.6. The molecular weight excluding hydrogens is 560 g/mol. The van der Waals surface area contributed by atoms with E-state index in [1.165, 1.54) is 32.2 Å². The van der Waals surface area contributed by atoms with E-state index in [9.17, 15) is 45.6 Å². The van der Waals surface area contributed by atoms with Gasteiger partial charge in [0.15, 0.2) is 23.2 Å². The number of aromatic hydroxyl groups is 2. The molecular formula is C28H32O14. The van der Waals surface area contributed by atoms with Gasteiger partial charge < -0.3 is 64.2 Å². The molecule has 8 N–H and O–H groups in total. The van der Waals surface area contributed by atoms with E-state index in [2.05, 4.69) is 0 Å². The van der Waals surface area contributed by atoms with Gasteiger partial charge in [-0.3, -0.25) is 4.79 Å². The highest BCUT2D eigenvalue weighted by Gasteiger charge is 2.47. The number of phenolic OH excluding ortho intramolecular Hbond substituents is 2. The van der Waals surface area contributed by atoms with Gasteiger partial charge in [-0.1, -0.05) is 0 Å². The van der Waals surface area contributed by atoms with Crippen LogP contribution in [0.1, 0.15) is 18.6 Å². The van der Waals surface area contributed by atoms with Crippen molar-refractivity contribution in [2.75, 3.05) is 13.7 Å². The van der Waals surface area contributed by atoms with E-state index in [0.717, 1.165) is 12.1 Å². The normalized spacial score (nSPS) is 33.5. The number of rotatable bonds is 6. The van der Waals surface area contributed by atoms with Crippen molar-refractivity contribution in [1.29, 1.82) is 0 Å². The van der Waals surface area contributed by atoms with Crippen LogP contribution in [-0.2, 0) is 14.2 Å². The summed E-state index contributed by atoms with van der Waals surface area (Å²) >= 11 is 0. The highest BCUT2D eigenvalue weighted by molar-refractivity contribution is 5.85. The van der Waals surface area contributed by atoms with Gasteiger partial charge in [-0.2, -0.15) is 0 Å². The summed E-state index contributed by atoms with van der Waals surface area (Å²) in [6.07, 6.45) is -14.5. The van der Waals surface area contributed by atoms with Gasteiger partial charge in [0, 0.05) is 11.6 Å². The third kappa shape index (κ3) is 5.44. The van der Waals surface area contributed by atoms with Crippen LogP contribution in [0.25, 0.3) is 22.3 Å². The summed E-state index contributed by atoms with van der Waals surface area (Å²) in [5, 5.41) is 82.7. The summed E-state index contributed by atoms with van der Waals surface area (Å²) in [6.45, 7) is 0.990. The number of benzene rings is 2. The van der Waals surface area contributed by atoms with Gasteiger partial charge in [-0.05, 0) is 42.8 Å². The van der Waals surface area contributed by atoms with Crippen LogP contribution in [0, 0.1) is 0 Å². The van der Waals surface area contributed by atoms with E-state index in [0.29, 0.717) is 5.56 Å².